The zero-order valence-corrected chi connectivity index (χ0v) is 13.0. The number of halogens is 3. The molecule has 0 spiro atoms. The number of alkyl halides is 3. The van der Waals surface area contributed by atoms with E-state index in [4.69, 9.17) is 5.73 Å². The van der Waals surface area contributed by atoms with Gasteiger partial charge < -0.3 is 5.73 Å². The van der Waals surface area contributed by atoms with E-state index in [2.05, 4.69) is 0 Å². The van der Waals surface area contributed by atoms with Gasteiger partial charge in [-0.15, -0.1) is 0 Å². The summed E-state index contributed by atoms with van der Waals surface area (Å²) in [4.78, 5) is -0.326. The second kappa shape index (κ2) is 6.17. The van der Waals surface area contributed by atoms with E-state index in [1.807, 2.05) is 6.92 Å². The molecule has 2 unspecified atom stereocenters. The largest absolute Gasteiger partial charge is 0.416 e. The summed E-state index contributed by atoms with van der Waals surface area (Å²) in [6.07, 6.45) is -3.08. The molecule has 4 nitrogen and oxygen atoms in total. The summed E-state index contributed by atoms with van der Waals surface area (Å²) >= 11 is 0. The SMILES string of the molecule is CC(N)C1CCCN(S(=O)(=O)c2cccc(C(F)(F)F)c2)C1. The zero-order valence-electron chi connectivity index (χ0n) is 12.2. The van der Waals surface area contributed by atoms with Gasteiger partial charge in [0.2, 0.25) is 10.0 Å². The van der Waals surface area contributed by atoms with Gasteiger partial charge in [0, 0.05) is 19.1 Å². The van der Waals surface area contributed by atoms with Crippen molar-refractivity contribution in [2.45, 2.75) is 36.9 Å². The molecular formula is C14H19F3N2O2S. The number of piperidine rings is 1. The summed E-state index contributed by atoms with van der Waals surface area (Å²) in [5, 5.41) is 0. The molecule has 0 saturated carbocycles. The van der Waals surface area contributed by atoms with Gasteiger partial charge in [0.25, 0.3) is 0 Å². The van der Waals surface area contributed by atoms with E-state index in [9.17, 15) is 21.6 Å². The predicted octanol–water partition coefficient (Wildman–Crippen LogP) is 2.45. The maximum Gasteiger partial charge on any atom is 0.416 e. The molecule has 1 aromatic rings. The first-order chi connectivity index (χ1) is 10.1. The van der Waals surface area contributed by atoms with Crippen molar-refractivity contribution in [1.29, 1.82) is 0 Å². The highest BCUT2D eigenvalue weighted by Crippen LogP contribution is 2.32. The van der Waals surface area contributed by atoms with Crippen LogP contribution >= 0.6 is 0 Å². The second-order valence-electron chi connectivity index (χ2n) is 5.65. The van der Waals surface area contributed by atoms with Crippen molar-refractivity contribution in [3.63, 3.8) is 0 Å². The van der Waals surface area contributed by atoms with Crippen LogP contribution < -0.4 is 5.73 Å². The van der Waals surface area contributed by atoms with E-state index in [0.717, 1.165) is 18.6 Å². The molecule has 1 saturated heterocycles. The van der Waals surface area contributed by atoms with Crippen LogP contribution in [0.15, 0.2) is 29.2 Å². The highest BCUT2D eigenvalue weighted by Gasteiger charge is 2.35. The first kappa shape index (κ1) is 17.2. The minimum absolute atomic E-state index is 0.0225. The number of hydrogen-bond acceptors (Lipinski definition) is 3. The van der Waals surface area contributed by atoms with Crippen LogP contribution in [0.2, 0.25) is 0 Å². The van der Waals surface area contributed by atoms with Gasteiger partial charge in [-0.1, -0.05) is 6.07 Å². The summed E-state index contributed by atoms with van der Waals surface area (Å²) in [6.45, 7) is 2.36. The molecule has 1 heterocycles. The normalized spacial score (nSPS) is 22.5. The minimum atomic E-state index is -4.57. The lowest BCUT2D eigenvalue weighted by atomic mass is 9.93. The third kappa shape index (κ3) is 3.61. The van der Waals surface area contributed by atoms with E-state index < -0.39 is 21.8 Å². The third-order valence-electron chi connectivity index (χ3n) is 3.96. The molecule has 0 bridgehead atoms. The minimum Gasteiger partial charge on any atom is -0.328 e. The Hall–Kier alpha value is -1.12. The first-order valence-corrected chi connectivity index (χ1v) is 8.49. The molecule has 124 valence electrons. The Labute approximate surface area is 128 Å². The van der Waals surface area contributed by atoms with Crippen LogP contribution in [-0.2, 0) is 16.2 Å². The van der Waals surface area contributed by atoms with Crippen LogP contribution in [-0.4, -0.2) is 31.9 Å². The highest BCUT2D eigenvalue weighted by atomic mass is 32.2. The number of sulfonamides is 1. The fraction of sp³-hybridized carbons (Fsp3) is 0.571. The van der Waals surface area contributed by atoms with Crippen LogP contribution in [0.4, 0.5) is 13.2 Å². The number of hydrogen-bond donors (Lipinski definition) is 1. The van der Waals surface area contributed by atoms with Gasteiger partial charge in [0.1, 0.15) is 0 Å². The summed E-state index contributed by atoms with van der Waals surface area (Å²) in [5.74, 6) is 0.0225. The fourth-order valence-corrected chi connectivity index (χ4v) is 4.19. The molecule has 1 aliphatic rings. The smallest absolute Gasteiger partial charge is 0.328 e. The van der Waals surface area contributed by atoms with Crippen molar-refractivity contribution in [3.8, 4) is 0 Å². The van der Waals surface area contributed by atoms with Crippen LogP contribution in [0.3, 0.4) is 0 Å². The standard InChI is InChI=1S/C14H19F3N2O2S/c1-10(18)11-4-3-7-19(9-11)22(20,21)13-6-2-5-12(8-13)14(15,16)17/h2,5-6,8,10-11H,3-4,7,9,18H2,1H3. The maximum absolute atomic E-state index is 12.7. The molecule has 0 amide bonds. The summed E-state index contributed by atoms with van der Waals surface area (Å²) in [6, 6.07) is 3.70. The molecule has 2 N–H and O–H groups in total. The zero-order chi connectivity index (χ0) is 16.5. The van der Waals surface area contributed by atoms with Crippen molar-refractivity contribution in [3.05, 3.63) is 29.8 Å². The third-order valence-corrected chi connectivity index (χ3v) is 5.82. The van der Waals surface area contributed by atoms with E-state index in [1.54, 1.807) is 0 Å². The molecule has 2 atom stereocenters. The summed E-state index contributed by atoms with van der Waals surface area (Å²) in [7, 11) is -3.93. The second-order valence-corrected chi connectivity index (χ2v) is 7.59. The van der Waals surface area contributed by atoms with Gasteiger partial charge in [-0.05, 0) is 43.9 Å². The number of rotatable bonds is 3. The Morgan fingerprint density at radius 2 is 2.05 bits per heavy atom. The molecule has 0 aliphatic carbocycles. The van der Waals surface area contributed by atoms with Gasteiger partial charge in [-0.25, -0.2) is 8.42 Å². The summed E-state index contributed by atoms with van der Waals surface area (Å²) < 4.78 is 64.6. The molecule has 1 aromatic carbocycles. The fourth-order valence-electron chi connectivity index (χ4n) is 2.60. The lowest BCUT2D eigenvalue weighted by Crippen LogP contribution is -2.44. The Bertz CT molecular complexity index is 629. The van der Waals surface area contributed by atoms with Gasteiger partial charge in [0.05, 0.1) is 10.5 Å². The number of benzene rings is 1. The van der Waals surface area contributed by atoms with Gasteiger partial charge >= 0.3 is 6.18 Å². The van der Waals surface area contributed by atoms with Crippen LogP contribution in [0.5, 0.6) is 0 Å². The van der Waals surface area contributed by atoms with Gasteiger partial charge in [-0.2, -0.15) is 17.5 Å². The van der Waals surface area contributed by atoms with E-state index in [-0.39, 0.29) is 23.4 Å². The Kier molecular flexibility index (Phi) is 4.84. The molecule has 0 radical (unpaired) electrons. The molecule has 8 heteroatoms. The van der Waals surface area contributed by atoms with E-state index in [1.165, 1.54) is 10.4 Å². The quantitative estimate of drug-likeness (QED) is 0.922. The molecule has 22 heavy (non-hydrogen) atoms. The maximum atomic E-state index is 12.7. The highest BCUT2D eigenvalue weighted by molar-refractivity contribution is 7.89. The average Bonchev–Trinajstić information content (AvgIpc) is 2.46. The first-order valence-electron chi connectivity index (χ1n) is 7.05. The van der Waals surface area contributed by atoms with Crippen molar-refractivity contribution in [1.82, 2.24) is 4.31 Å². The van der Waals surface area contributed by atoms with Crippen molar-refractivity contribution < 1.29 is 21.6 Å². The van der Waals surface area contributed by atoms with Crippen molar-refractivity contribution in [2.24, 2.45) is 11.7 Å². The number of nitrogens with zero attached hydrogens (tertiary/aromatic N) is 1. The van der Waals surface area contributed by atoms with Gasteiger partial charge in [0.15, 0.2) is 0 Å². The van der Waals surface area contributed by atoms with Crippen molar-refractivity contribution in [2.75, 3.05) is 13.1 Å². The van der Waals surface area contributed by atoms with Gasteiger partial charge in [-0.3, -0.25) is 0 Å². The molecule has 2 rings (SSSR count). The van der Waals surface area contributed by atoms with Crippen molar-refractivity contribution >= 4 is 10.0 Å². The average molecular weight is 336 g/mol. The lowest BCUT2D eigenvalue weighted by Gasteiger charge is -2.33. The van der Waals surface area contributed by atoms with E-state index in [0.29, 0.717) is 19.0 Å². The number of nitrogens with two attached hydrogens (primary N) is 1. The van der Waals surface area contributed by atoms with E-state index >= 15 is 0 Å². The topological polar surface area (TPSA) is 63.4 Å². The molecule has 1 aliphatic heterocycles. The van der Waals surface area contributed by atoms with Crippen LogP contribution in [0, 0.1) is 5.92 Å². The van der Waals surface area contributed by atoms with Crippen LogP contribution in [0.25, 0.3) is 0 Å². The van der Waals surface area contributed by atoms with Crippen LogP contribution in [0.1, 0.15) is 25.3 Å². The Balaban J connectivity index is 2.30. The molecular weight excluding hydrogens is 317 g/mol. The predicted molar refractivity (Wildman–Crippen MR) is 76.6 cm³/mol. The Morgan fingerprint density at radius 3 is 2.64 bits per heavy atom. The Morgan fingerprint density at radius 1 is 1.36 bits per heavy atom. The summed E-state index contributed by atoms with van der Waals surface area (Å²) in [5.41, 5.74) is 4.86. The lowest BCUT2D eigenvalue weighted by molar-refractivity contribution is -0.137. The molecule has 0 aromatic heterocycles. The monoisotopic (exact) mass is 336 g/mol. The molecule has 1 fully saturated rings.